The second-order valence-electron chi connectivity index (χ2n) is 11.4. The maximum Gasteiger partial charge on any atom is 0.224 e. The van der Waals surface area contributed by atoms with Crippen molar-refractivity contribution in [2.24, 2.45) is 29.2 Å². The van der Waals surface area contributed by atoms with Gasteiger partial charge in [0.05, 0.1) is 29.6 Å². The molecular weight excluding hydrogens is 580 g/mol. The number of nitrogens with one attached hydrogen (secondary N) is 2. The van der Waals surface area contributed by atoms with E-state index in [0.717, 1.165) is 6.92 Å². The molecule has 43 heavy (non-hydrogen) atoms. The number of aliphatic hydroxyl groups is 1. The number of ketones is 4. The number of carbonyl (C=O) groups is 6. The van der Waals surface area contributed by atoms with Gasteiger partial charge in [-0.2, -0.15) is 0 Å². The number of hydrogen-bond acceptors (Lipinski definition) is 11. The fraction of sp³-hybridized carbons (Fsp3) is 0.793. The first-order valence-corrected chi connectivity index (χ1v) is 16.8. The smallest absolute Gasteiger partial charge is 0.224 e. The number of Topliss-reactive ketones (excluding diaryl/α,β-unsaturated/α-hetero) is 4. The van der Waals surface area contributed by atoms with Crippen molar-refractivity contribution in [2.75, 3.05) is 24.6 Å². The van der Waals surface area contributed by atoms with Gasteiger partial charge in [0.25, 0.3) is 0 Å². The van der Waals surface area contributed by atoms with Gasteiger partial charge in [0.2, 0.25) is 17.6 Å². The zero-order chi connectivity index (χ0) is 33.3. The van der Waals surface area contributed by atoms with E-state index in [1.54, 1.807) is 0 Å². The Balaban J connectivity index is 5.55. The van der Waals surface area contributed by atoms with Crippen LogP contribution in [0.5, 0.6) is 0 Å². The third-order valence-electron chi connectivity index (χ3n) is 7.19. The van der Waals surface area contributed by atoms with Crippen LogP contribution in [0.4, 0.5) is 0 Å². The molecule has 14 heteroatoms. The molecule has 0 aromatic heterocycles. The van der Waals surface area contributed by atoms with Crippen molar-refractivity contribution >= 4 is 44.8 Å². The van der Waals surface area contributed by atoms with Gasteiger partial charge in [0.1, 0.15) is 6.04 Å². The SMILES string of the molecule is CCCCS(=O)(=O)C[C@@H](CCN)C(=O)N[C@H](C(=O)C[C@@H](C)C(=O)N[C@@H](CCCCN)C(=O)C[C@@H](C)C(=O)C(C)=O)[C@@H](C)O. The van der Waals surface area contributed by atoms with Gasteiger partial charge in [-0.25, -0.2) is 8.42 Å². The van der Waals surface area contributed by atoms with Gasteiger partial charge in [-0.3, -0.25) is 28.8 Å². The lowest BCUT2D eigenvalue weighted by atomic mass is 9.92. The van der Waals surface area contributed by atoms with Crippen molar-refractivity contribution in [3.05, 3.63) is 0 Å². The summed E-state index contributed by atoms with van der Waals surface area (Å²) in [5, 5.41) is 15.3. The zero-order valence-corrected chi connectivity index (χ0v) is 27.0. The van der Waals surface area contributed by atoms with Gasteiger partial charge in [0, 0.05) is 31.6 Å². The highest BCUT2D eigenvalue weighted by Crippen LogP contribution is 2.15. The third kappa shape index (κ3) is 15.7. The highest BCUT2D eigenvalue weighted by molar-refractivity contribution is 7.91. The summed E-state index contributed by atoms with van der Waals surface area (Å²) in [6.45, 7) is 7.60. The topological polar surface area (TPSA) is 233 Å². The van der Waals surface area contributed by atoms with E-state index in [9.17, 15) is 42.3 Å². The zero-order valence-electron chi connectivity index (χ0n) is 26.2. The van der Waals surface area contributed by atoms with Gasteiger partial charge in [0.15, 0.2) is 27.2 Å². The van der Waals surface area contributed by atoms with E-state index < -0.39 is 86.5 Å². The molecule has 2 amide bonds. The maximum atomic E-state index is 13.1. The first-order valence-electron chi connectivity index (χ1n) is 15.0. The fourth-order valence-corrected chi connectivity index (χ4v) is 6.34. The lowest BCUT2D eigenvalue weighted by molar-refractivity contribution is -0.139. The average molecular weight is 633 g/mol. The number of hydrogen-bond donors (Lipinski definition) is 5. The molecule has 0 saturated heterocycles. The summed E-state index contributed by atoms with van der Waals surface area (Å²) >= 11 is 0. The first kappa shape index (κ1) is 40.5. The van der Waals surface area contributed by atoms with Crippen LogP contribution in [0, 0.1) is 17.8 Å². The van der Waals surface area contributed by atoms with Crippen LogP contribution < -0.4 is 22.1 Å². The molecule has 0 aliphatic rings. The summed E-state index contributed by atoms with van der Waals surface area (Å²) in [5.41, 5.74) is 11.1. The minimum atomic E-state index is -3.55. The fourth-order valence-electron chi connectivity index (χ4n) is 4.51. The Morgan fingerprint density at radius 2 is 1.40 bits per heavy atom. The molecule has 0 spiro atoms. The van der Waals surface area contributed by atoms with E-state index in [1.807, 2.05) is 6.92 Å². The Labute approximate surface area is 255 Å². The van der Waals surface area contributed by atoms with E-state index in [1.165, 1.54) is 20.8 Å². The summed E-state index contributed by atoms with van der Waals surface area (Å²) < 4.78 is 24.9. The lowest BCUT2D eigenvalue weighted by Gasteiger charge is -2.25. The molecule has 0 fully saturated rings. The second-order valence-corrected chi connectivity index (χ2v) is 13.6. The molecule has 7 N–H and O–H groups in total. The number of unbranched alkanes of at least 4 members (excludes halogenated alkanes) is 2. The van der Waals surface area contributed by atoms with Crippen molar-refractivity contribution in [2.45, 2.75) is 104 Å². The molecule has 0 saturated carbocycles. The minimum absolute atomic E-state index is 0.0404. The Hall–Kier alpha value is -2.55. The summed E-state index contributed by atoms with van der Waals surface area (Å²) in [5.74, 6) is -7.13. The monoisotopic (exact) mass is 632 g/mol. The highest BCUT2D eigenvalue weighted by Gasteiger charge is 2.33. The second kappa shape index (κ2) is 20.4. The van der Waals surface area contributed by atoms with Crippen molar-refractivity contribution in [1.82, 2.24) is 10.6 Å². The van der Waals surface area contributed by atoms with Crippen molar-refractivity contribution in [1.29, 1.82) is 0 Å². The van der Waals surface area contributed by atoms with Crippen LogP contribution in [-0.4, -0.2) is 91.3 Å². The standard InChI is InChI=1S/C29H52N4O9S/c1-6-7-14-43(41,42)17-22(11-13-31)29(40)33-26(20(4)34)25(37)16-19(3)28(39)32-23(10-8-9-12-30)24(36)15-18(2)27(38)21(5)35/h18-20,22-23,26,34H,6-17,30-31H2,1-5H3,(H,32,39)(H,33,40)/t18-,19-,20-,22-,23+,26+/m1/s1. The number of sulfone groups is 1. The summed E-state index contributed by atoms with van der Waals surface area (Å²) in [4.78, 5) is 75.4. The Kier molecular flexibility index (Phi) is 19.2. The molecule has 0 aliphatic carbocycles. The molecule has 13 nitrogen and oxygen atoms in total. The van der Waals surface area contributed by atoms with Crippen LogP contribution in [-0.2, 0) is 38.6 Å². The quantitative estimate of drug-likeness (QED) is 0.0701. The molecule has 0 heterocycles. The molecule has 0 radical (unpaired) electrons. The van der Waals surface area contributed by atoms with Crippen LogP contribution in [0.2, 0.25) is 0 Å². The maximum absolute atomic E-state index is 13.1. The van der Waals surface area contributed by atoms with Gasteiger partial charge < -0.3 is 27.2 Å². The third-order valence-corrected chi connectivity index (χ3v) is 9.01. The molecule has 0 unspecified atom stereocenters. The van der Waals surface area contributed by atoms with E-state index in [-0.39, 0.29) is 38.0 Å². The molecular formula is C29H52N4O9S. The van der Waals surface area contributed by atoms with Crippen molar-refractivity contribution in [3.8, 4) is 0 Å². The van der Waals surface area contributed by atoms with Crippen LogP contribution in [0.1, 0.15) is 86.0 Å². The number of amides is 2. The minimum Gasteiger partial charge on any atom is -0.391 e. The summed E-state index contributed by atoms with van der Waals surface area (Å²) in [7, 11) is -3.55. The van der Waals surface area contributed by atoms with Gasteiger partial charge in [-0.05, 0) is 52.1 Å². The lowest BCUT2D eigenvalue weighted by Crippen LogP contribution is -2.51. The Bertz CT molecular complexity index is 1060. The molecule has 0 aliphatic heterocycles. The normalized spacial score (nSPS) is 15.8. The van der Waals surface area contributed by atoms with Crippen LogP contribution in [0.3, 0.4) is 0 Å². The van der Waals surface area contributed by atoms with Crippen molar-refractivity contribution < 1.29 is 42.3 Å². The summed E-state index contributed by atoms with van der Waals surface area (Å²) in [6.07, 6.45) is 0.566. The largest absolute Gasteiger partial charge is 0.391 e. The van der Waals surface area contributed by atoms with E-state index in [4.69, 9.17) is 11.5 Å². The molecule has 0 bridgehead atoms. The van der Waals surface area contributed by atoms with Gasteiger partial charge >= 0.3 is 0 Å². The van der Waals surface area contributed by atoms with Gasteiger partial charge in [-0.15, -0.1) is 0 Å². The molecule has 248 valence electrons. The summed E-state index contributed by atoms with van der Waals surface area (Å²) in [6, 6.07) is -2.36. The number of rotatable bonds is 24. The first-order chi connectivity index (χ1) is 20.0. The molecule has 0 aromatic rings. The highest BCUT2D eigenvalue weighted by atomic mass is 32.2. The number of nitrogens with two attached hydrogens (primary N) is 2. The molecule has 0 aromatic carbocycles. The Morgan fingerprint density at radius 1 is 0.791 bits per heavy atom. The number of aliphatic hydroxyl groups excluding tert-OH is 1. The average Bonchev–Trinajstić information content (AvgIpc) is 2.92. The van der Waals surface area contributed by atoms with Crippen LogP contribution in [0.25, 0.3) is 0 Å². The van der Waals surface area contributed by atoms with Crippen molar-refractivity contribution in [3.63, 3.8) is 0 Å². The van der Waals surface area contributed by atoms with E-state index >= 15 is 0 Å². The van der Waals surface area contributed by atoms with E-state index in [2.05, 4.69) is 10.6 Å². The van der Waals surface area contributed by atoms with Crippen LogP contribution >= 0.6 is 0 Å². The van der Waals surface area contributed by atoms with E-state index in [0.29, 0.717) is 32.2 Å². The molecule has 0 rings (SSSR count). The predicted molar refractivity (Wildman–Crippen MR) is 162 cm³/mol. The van der Waals surface area contributed by atoms with Gasteiger partial charge in [-0.1, -0.05) is 27.2 Å². The number of carbonyl (C=O) groups excluding carboxylic acids is 6. The predicted octanol–water partition coefficient (Wildman–Crippen LogP) is -0.00560. The molecule has 6 atom stereocenters. The van der Waals surface area contributed by atoms with Crippen LogP contribution in [0.15, 0.2) is 0 Å². The Morgan fingerprint density at radius 3 is 1.91 bits per heavy atom.